The zero-order valence-electron chi connectivity index (χ0n) is 65.7. The monoisotopic (exact) mass is 1690 g/mol. The van der Waals surface area contributed by atoms with E-state index in [1.165, 1.54) is 87.1 Å². The van der Waals surface area contributed by atoms with E-state index in [2.05, 4.69) is 20.3 Å². The topological polar surface area (TPSA) is 422 Å². The number of nitro benzene ring substituents is 1. The molecule has 2 aromatic heterocycles. The summed E-state index contributed by atoms with van der Waals surface area (Å²) < 4.78 is 145. The average Bonchev–Trinajstić information content (AvgIpc) is 1.58. The largest absolute Gasteiger partial charge is 0.513 e. The first-order valence-corrected chi connectivity index (χ1v) is 42.7. The van der Waals surface area contributed by atoms with Crippen LogP contribution in [0.25, 0.3) is 5.52 Å². The summed E-state index contributed by atoms with van der Waals surface area (Å²) >= 11 is 0. The van der Waals surface area contributed by atoms with Crippen LogP contribution in [0.2, 0.25) is 0 Å². The molecule has 0 saturated carbocycles. The smallest absolute Gasteiger partial charge is 0.461 e. The molecule has 1 fully saturated rings. The van der Waals surface area contributed by atoms with Crippen LogP contribution in [0.5, 0.6) is 17.2 Å². The molecule has 4 N–H and O–H groups in total. The normalized spacial score (nSPS) is 17.2. The van der Waals surface area contributed by atoms with Gasteiger partial charge < -0.3 is 43.0 Å². The molecule has 1 aliphatic heterocycles. The van der Waals surface area contributed by atoms with Crippen molar-refractivity contribution >= 4 is 72.0 Å². The van der Waals surface area contributed by atoms with Gasteiger partial charge in [-0.25, -0.2) is 27.8 Å². The van der Waals surface area contributed by atoms with E-state index in [0.29, 0.717) is 16.6 Å². The van der Waals surface area contributed by atoms with Crippen molar-refractivity contribution in [3.63, 3.8) is 0 Å². The zero-order chi connectivity index (χ0) is 84.6. The van der Waals surface area contributed by atoms with E-state index in [1.807, 2.05) is 54.6 Å². The number of phosphoric ester groups is 2. The van der Waals surface area contributed by atoms with Crippen LogP contribution in [0.1, 0.15) is 103 Å². The third kappa shape index (κ3) is 27.1. The summed E-state index contributed by atoms with van der Waals surface area (Å²) in [6.45, 7) is 12.9. The molecule has 0 aliphatic carbocycles. The summed E-state index contributed by atoms with van der Waals surface area (Å²) in [5.74, 6) is -4.43. The van der Waals surface area contributed by atoms with Crippen molar-refractivity contribution in [2.24, 2.45) is 11.8 Å². The molecule has 3 heterocycles. The molecule has 33 nitrogen and oxygen atoms in total. The van der Waals surface area contributed by atoms with Gasteiger partial charge in [-0.05, 0) is 112 Å². The van der Waals surface area contributed by atoms with Crippen LogP contribution in [0.4, 0.5) is 11.5 Å². The van der Waals surface area contributed by atoms with Gasteiger partial charge in [0, 0.05) is 12.1 Å². The molecule has 7 aromatic carbocycles. The molecule has 0 amide bonds. The lowest BCUT2D eigenvalue weighted by molar-refractivity contribution is -0.384. The van der Waals surface area contributed by atoms with Gasteiger partial charge in [-0.2, -0.15) is 20.5 Å². The predicted octanol–water partition coefficient (Wildman–Crippen LogP) is 15.9. The van der Waals surface area contributed by atoms with E-state index in [9.17, 15) is 52.8 Å². The molecule has 2 unspecified atom stereocenters. The molecule has 0 radical (unpaired) electrons. The molecular weight excluding hydrogens is 1600 g/mol. The van der Waals surface area contributed by atoms with E-state index in [-0.39, 0.29) is 60.9 Å². The SMILES string of the molecule is CC(C)C(=O)O[C@H]1[C@H](c2ccc3c(N)ncnn23)O[C@](C#N)(COP(=O)(N[C@@H](C)C(=O)OCC(C)(C)OP(=O)(OCc2ccccc2)OCc2ccccc2)Oc2ccccc2)[C@H]1OC(=O)C(C)C.C[C@H](NP(=O)(Oc1ccccc1)Oc1ccc([N+](=O)[O-])cc1)C(=O)OCC(C)(C)OP(=O)(OCc1ccccc1)OCc1ccccc1. The summed E-state index contributed by atoms with van der Waals surface area (Å²) in [5, 5.41) is 31.5. The minimum atomic E-state index is -4.79. The maximum absolute atomic E-state index is 14.9. The fraction of sp³-hybridized carbons (Fsp3) is 0.338. The fourth-order valence-corrected chi connectivity index (χ4v) is 16.6. The maximum Gasteiger partial charge on any atom is 0.513 e. The highest BCUT2D eigenvalue weighted by molar-refractivity contribution is 7.52. The highest BCUT2D eigenvalue weighted by Gasteiger charge is 2.63. The van der Waals surface area contributed by atoms with Crippen molar-refractivity contribution in [3.8, 4) is 23.3 Å². The van der Waals surface area contributed by atoms with E-state index in [4.69, 9.17) is 74.7 Å². The maximum atomic E-state index is 14.9. The predicted molar refractivity (Wildman–Crippen MR) is 426 cm³/mol. The number of fused-ring (bicyclic) bond motifs is 1. The number of nitrogens with two attached hydrogens (primary N) is 1. The van der Waals surface area contributed by atoms with Crippen molar-refractivity contribution in [1.29, 1.82) is 5.26 Å². The third-order valence-electron chi connectivity index (χ3n) is 16.7. The first kappa shape index (κ1) is 90.6. The van der Waals surface area contributed by atoms with Crippen molar-refractivity contribution < 1.29 is 111 Å². The summed E-state index contributed by atoms with van der Waals surface area (Å²) in [6.07, 6.45) is -3.36. The van der Waals surface area contributed by atoms with Crippen LogP contribution in [0, 0.1) is 33.3 Å². The molecule has 8 atom stereocenters. The molecule has 37 heteroatoms. The fourth-order valence-electron chi connectivity index (χ4n) is 10.7. The van der Waals surface area contributed by atoms with Gasteiger partial charge >= 0.3 is 55.0 Å². The van der Waals surface area contributed by atoms with E-state index >= 15 is 0 Å². The number of nitrogens with zero attached hydrogens (tertiary/aromatic N) is 5. The van der Waals surface area contributed by atoms with Crippen molar-refractivity contribution in [2.45, 2.75) is 143 Å². The Hall–Kier alpha value is -10.4. The number of esters is 4. The Morgan fingerprint density at radius 2 is 0.915 bits per heavy atom. The third-order valence-corrected chi connectivity index (χ3v) is 23.1. The number of nitriles is 1. The minimum Gasteiger partial charge on any atom is -0.461 e. The quantitative estimate of drug-likeness (QED) is 0.0105. The highest BCUT2D eigenvalue weighted by atomic mass is 31.2. The van der Waals surface area contributed by atoms with Gasteiger partial charge in [0.05, 0.1) is 48.9 Å². The number of nitrogen functional groups attached to an aromatic ring is 1. The van der Waals surface area contributed by atoms with E-state index in [1.54, 1.807) is 163 Å². The summed E-state index contributed by atoms with van der Waals surface area (Å²) in [4.78, 5) is 68.0. The molecule has 10 rings (SSSR count). The van der Waals surface area contributed by atoms with Crippen LogP contribution >= 0.6 is 31.1 Å². The van der Waals surface area contributed by atoms with Crippen LogP contribution in [-0.2, 0) is 119 Å². The van der Waals surface area contributed by atoms with Crippen molar-refractivity contribution in [3.05, 3.63) is 263 Å². The number of para-hydroxylation sites is 2. The Bertz CT molecular complexity index is 4930. The number of anilines is 1. The number of phosphoric acid groups is 2. The molecule has 0 bridgehead atoms. The van der Waals surface area contributed by atoms with Gasteiger partial charge in [0.15, 0.2) is 18.0 Å². The Kier molecular flexibility index (Phi) is 31.9. The molecule has 9 aromatic rings. The molecular formula is C80H92N8O25P4. The summed E-state index contributed by atoms with van der Waals surface area (Å²) in [5.41, 5.74) is 4.20. The molecule has 0 spiro atoms. The van der Waals surface area contributed by atoms with E-state index < -0.39 is 139 Å². The van der Waals surface area contributed by atoms with Crippen molar-refractivity contribution in [1.82, 2.24) is 24.8 Å². The Balaban J connectivity index is 0.000000285. The molecule has 117 heavy (non-hydrogen) atoms. The first-order valence-electron chi connectivity index (χ1n) is 36.7. The lowest BCUT2D eigenvalue weighted by Crippen LogP contribution is -2.50. The van der Waals surface area contributed by atoms with Crippen LogP contribution in [-0.4, -0.2) is 104 Å². The van der Waals surface area contributed by atoms with Gasteiger partial charge in [-0.3, -0.25) is 61.0 Å². The standard InChI is InChI=1S/C47H56N6O14P2.C33H36N2O11P2/c1-31(2)43(54)63-40-39(37-23-24-38-42(49)50-30-51-53(37)38)65-47(27-48,41(40)64-44(55)32(3)4)29-62-68(57,66-36-21-15-10-16-22-36)52-33(5)45(56)59-28-46(6,7)67-69(58,60-25-34-17-11-8-12-18-34)61-26-35-19-13-9-14-20-35;1-26(34-47(39,44-30-17-11-6-12-18-30)45-31-21-19-29(20-22-31)35(37)38)32(36)41-25-33(2,3)46-48(40,42-23-27-13-7-4-8-14-27)43-24-28-15-9-5-10-16-28/h8-24,30-33,39-41H,25-26,28-29H2,1-7H3,(H,52,57)(H2,49,50,51);4-22,26H,23-25H2,1-3H3,(H,34,39)/t33-,39-,40-,41-,47+,68?;26-,47?/m00/s1. The molecule has 622 valence electrons. The lowest BCUT2D eigenvalue weighted by atomic mass is 9.95. The van der Waals surface area contributed by atoms with E-state index in [0.717, 1.165) is 11.1 Å². The number of hydrogen-bond acceptors (Lipinski definition) is 29. The molecule has 1 aliphatic rings. The van der Waals surface area contributed by atoms with Crippen LogP contribution < -0.4 is 29.5 Å². The van der Waals surface area contributed by atoms with Gasteiger partial charge in [0.2, 0.25) is 5.60 Å². The number of benzene rings is 7. The second-order valence-corrected chi connectivity index (χ2v) is 34.8. The number of nitro groups is 1. The van der Waals surface area contributed by atoms with Crippen molar-refractivity contribution in [2.75, 3.05) is 25.6 Å². The number of carbonyl (C=O) groups excluding carboxylic acids is 4. The number of non-ortho nitro benzene ring substituents is 1. The van der Waals surface area contributed by atoms with Gasteiger partial charge in [-0.1, -0.05) is 185 Å². The number of nitrogens with one attached hydrogen (secondary N) is 2. The molecule has 1 saturated heterocycles. The minimum absolute atomic E-state index is 0.00998. The van der Waals surface area contributed by atoms with Gasteiger partial charge in [0.1, 0.15) is 84.4 Å². The Labute approximate surface area is 676 Å². The number of hydrogen-bond donors (Lipinski definition) is 3. The first-order chi connectivity index (χ1) is 55.6. The summed E-state index contributed by atoms with van der Waals surface area (Å²) in [7, 11) is -17.7. The Morgan fingerprint density at radius 3 is 1.31 bits per heavy atom. The zero-order valence-corrected chi connectivity index (χ0v) is 69.2. The van der Waals surface area contributed by atoms with Crippen LogP contribution in [0.3, 0.4) is 0 Å². The lowest BCUT2D eigenvalue weighted by Gasteiger charge is -2.31. The Morgan fingerprint density at radius 1 is 0.538 bits per heavy atom. The average molecular weight is 1690 g/mol. The van der Waals surface area contributed by atoms with Crippen LogP contribution in [0.15, 0.2) is 225 Å². The van der Waals surface area contributed by atoms with Gasteiger partial charge in [-0.15, -0.1) is 0 Å². The highest BCUT2D eigenvalue weighted by Crippen LogP contribution is 2.56. The second-order valence-electron chi connectivity index (χ2n) is 28.3. The number of ether oxygens (including phenoxy) is 5. The van der Waals surface area contributed by atoms with Gasteiger partial charge in [0.25, 0.3) is 5.69 Å². The second kappa shape index (κ2) is 41.2. The number of rotatable bonds is 41. The number of carbonyl (C=O) groups is 4. The summed E-state index contributed by atoms with van der Waals surface area (Å²) in [6, 6.07) is 59.4. The number of aromatic nitrogens is 3.